The number of aryl methyl sites for hydroxylation is 1. The molecule has 204 valence electrons. The molecule has 37 heavy (non-hydrogen) atoms. The van der Waals surface area contributed by atoms with E-state index < -0.39 is 0 Å². The summed E-state index contributed by atoms with van der Waals surface area (Å²) >= 11 is 0. The second-order valence-electron chi connectivity index (χ2n) is 11.1. The van der Waals surface area contributed by atoms with Crippen LogP contribution in [0.1, 0.15) is 162 Å². The van der Waals surface area contributed by atoms with Crippen molar-refractivity contribution in [3.63, 3.8) is 0 Å². The van der Waals surface area contributed by atoms with E-state index in [2.05, 4.69) is 84.9 Å². The van der Waals surface area contributed by atoms with E-state index in [9.17, 15) is 9.90 Å². The summed E-state index contributed by atoms with van der Waals surface area (Å²) in [5.74, 6) is 0.560. The monoisotopic (exact) mass is 504 g/mol. The Kier molecular flexibility index (Phi) is 13.2. The zero-order valence-electron chi connectivity index (χ0n) is 24.7. The van der Waals surface area contributed by atoms with Gasteiger partial charge in [0, 0.05) is 5.56 Å². The molecule has 3 atom stereocenters. The maximum absolute atomic E-state index is 14.0. The zero-order valence-corrected chi connectivity index (χ0v) is 24.7. The molecule has 0 spiro atoms. The summed E-state index contributed by atoms with van der Waals surface area (Å²) in [5, 5.41) is 11.3. The van der Waals surface area contributed by atoms with Crippen molar-refractivity contribution in [3.8, 4) is 0 Å². The largest absolute Gasteiger partial charge is 0.504 e. The molecule has 0 amide bonds. The van der Waals surface area contributed by atoms with Crippen molar-refractivity contribution in [3.05, 3.63) is 75.5 Å². The van der Waals surface area contributed by atoms with Gasteiger partial charge >= 0.3 is 0 Å². The Morgan fingerprint density at radius 1 is 0.757 bits per heavy atom. The van der Waals surface area contributed by atoms with Crippen molar-refractivity contribution in [2.45, 2.75) is 130 Å². The van der Waals surface area contributed by atoms with Gasteiger partial charge in [-0.1, -0.05) is 123 Å². The van der Waals surface area contributed by atoms with Gasteiger partial charge in [0.1, 0.15) is 0 Å². The van der Waals surface area contributed by atoms with Crippen molar-refractivity contribution in [2.24, 2.45) is 0 Å². The zero-order chi connectivity index (χ0) is 27.4. The molecular formula is C35H52O2. The van der Waals surface area contributed by atoms with Gasteiger partial charge in [-0.05, 0) is 77.3 Å². The van der Waals surface area contributed by atoms with Gasteiger partial charge in [0.2, 0.25) is 5.78 Å². The Bertz CT molecular complexity index is 984. The lowest BCUT2D eigenvalue weighted by atomic mass is 9.82. The molecule has 0 aliphatic rings. The van der Waals surface area contributed by atoms with Crippen LogP contribution in [0.25, 0.3) is 6.08 Å². The first-order chi connectivity index (χ1) is 17.8. The number of allylic oxidation sites excluding steroid dienone is 1. The summed E-state index contributed by atoms with van der Waals surface area (Å²) in [6.45, 7) is 15.5. The third kappa shape index (κ3) is 8.59. The molecule has 0 fully saturated rings. The first-order valence-corrected chi connectivity index (χ1v) is 15.0. The van der Waals surface area contributed by atoms with Crippen molar-refractivity contribution in [1.82, 2.24) is 0 Å². The fraction of sp³-hybridized carbons (Fsp3) is 0.571. The molecule has 2 heteroatoms. The fourth-order valence-corrected chi connectivity index (χ4v) is 5.43. The van der Waals surface area contributed by atoms with Crippen LogP contribution in [-0.2, 0) is 6.42 Å². The number of aliphatic hydroxyl groups is 1. The SMILES string of the molecule is CCCCC(C)c1ccc(CC)cc1C=C(O)C(=O)c1c(C(C)CCCC)cccc1C(C)CCCC. The third-order valence-electron chi connectivity index (χ3n) is 8.01. The summed E-state index contributed by atoms with van der Waals surface area (Å²) < 4.78 is 0. The normalized spacial score (nSPS) is 14.4. The topological polar surface area (TPSA) is 37.3 Å². The summed E-state index contributed by atoms with van der Waals surface area (Å²) in [5.41, 5.74) is 6.31. The summed E-state index contributed by atoms with van der Waals surface area (Å²) in [4.78, 5) is 14.0. The maximum atomic E-state index is 14.0. The Morgan fingerprint density at radius 3 is 1.70 bits per heavy atom. The van der Waals surface area contributed by atoms with Crippen LogP contribution < -0.4 is 0 Å². The standard InChI is InChI=1S/C35H52O2/c1-8-12-16-25(5)30-22-21-28(11-4)23-29(30)24-33(36)35(37)34-31(26(6)17-13-9-2)19-15-20-32(34)27(7)18-14-10-3/h15,19-27,36H,8-14,16-18H2,1-7H3. The maximum Gasteiger partial charge on any atom is 0.227 e. The highest BCUT2D eigenvalue weighted by Gasteiger charge is 2.25. The average molecular weight is 505 g/mol. The average Bonchev–Trinajstić information content (AvgIpc) is 2.92. The van der Waals surface area contributed by atoms with E-state index in [1.165, 1.54) is 17.5 Å². The van der Waals surface area contributed by atoms with Crippen LogP contribution in [0.3, 0.4) is 0 Å². The molecule has 0 bridgehead atoms. The number of carbonyl (C=O) groups is 1. The summed E-state index contributed by atoms with van der Waals surface area (Å²) in [6, 6.07) is 12.8. The molecule has 2 nitrogen and oxygen atoms in total. The number of ketones is 1. The Morgan fingerprint density at radius 2 is 1.24 bits per heavy atom. The van der Waals surface area contributed by atoms with Crippen LogP contribution >= 0.6 is 0 Å². The van der Waals surface area contributed by atoms with E-state index in [4.69, 9.17) is 0 Å². The Hall–Kier alpha value is -2.35. The molecule has 0 heterocycles. The van der Waals surface area contributed by atoms with E-state index in [0.29, 0.717) is 5.92 Å². The first kappa shape index (κ1) is 30.9. The molecule has 0 aliphatic carbocycles. The number of hydrogen-bond acceptors (Lipinski definition) is 2. The quantitative estimate of drug-likeness (QED) is 0.140. The molecule has 2 rings (SSSR count). The number of Topliss-reactive ketones (excluding diaryl/α,β-unsaturated/α-hetero) is 1. The van der Waals surface area contributed by atoms with E-state index in [0.717, 1.165) is 80.0 Å². The van der Waals surface area contributed by atoms with E-state index >= 15 is 0 Å². The molecule has 0 saturated carbocycles. The van der Waals surface area contributed by atoms with Gasteiger partial charge in [-0.15, -0.1) is 0 Å². The van der Waals surface area contributed by atoms with Crippen LogP contribution in [0.4, 0.5) is 0 Å². The lowest BCUT2D eigenvalue weighted by molar-refractivity contribution is 0.0977. The van der Waals surface area contributed by atoms with Crippen LogP contribution in [0.5, 0.6) is 0 Å². The number of carbonyl (C=O) groups excluding carboxylic acids is 1. The van der Waals surface area contributed by atoms with Crippen molar-refractivity contribution < 1.29 is 9.90 Å². The Balaban J connectivity index is 2.59. The smallest absolute Gasteiger partial charge is 0.227 e. The molecule has 2 aromatic rings. The second-order valence-corrected chi connectivity index (χ2v) is 11.1. The molecule has 0 saturated heterocycles. The van der Waals surface area contributed by atoms with Gasteiger partial charge < -0.3 is 5.11 Å². The van der Waals surface area contributed by atoms with Gasteiger partial charge in [-0.3, -0.25) is 4.79 Å². The predicted octanol–water partition coefficient (Wildman–Crippen LogP) is 10.9. The summed E-state index contributed by atoms with van der Waals surface area (Å²) in [6.07, 6.45) is 12.8. The second kappa shape index (κ2) is 15.8. The number of benzene rings is 2. The molecule has 0 aromatic heterocycles. The number of rotatable bonds is 16. The highest BCUT2D eigenvalue weighted by molar-refractivity contribution is 6.11. The van der Waals surface area contributed by atoms with Crippen LogP contribution in [0.2, 0.25) is 0 Å². The van der Waals surface area contributed by atoms with Crippen LogP contribution in [0.15, 0.2) is 42.2 Å². The number of unbranched alkanes of at least 4 members (excludes halogenated alkanes) is 3. The van der Waals surface area contributed by atoms with E-state index in [-0.39, 0.29) is 23.4 Å². The van der Waals surface area contributed by atoms with E-state index in [1.807, 2.05) is 0 Å². The highest BCUT2D eigenvalue weighted by Crippen LogP contribution is 2.35. The van der Waals surface area contributed by atoms with Gasteiger partial charge in [0.05, 0.1) is 0 Å². The number of hydrogen-bond donors (Lipinski definition) is 1. The summed E-state index contributed by atoms with van der Waals surface area (Å²) in [7, 11) is 0. The minimum atomic E-state index is -0.230. The first-order valence-electron chi connectivity index (χ1n) is 15.0. The van der Waals surface area contributed by atoms with Crippen LogP contribution in [-0.4, -0.2) is 10.9 Å². The molecule has 0 aliphatic heterocycles. The lowest BCUT2D eigenvalue weighted by Crippen LogP contribution is -2.14. The minimum absolute atomic E-state index is 0.142. The van der Waals surface area contributed by atoms with Crippen molar-refractivity contribution >= 4 is 11.9 Å². The van der Waals surface area contributed by atoms with Crippen LogP contribution in [0, 0.1) is 0 Å². The molecule has 0 radical (unpaired) electrons. The predicted molar refractivity (Wildman–Crippen MR) is 161 cm³/mol. The van der Waals surface area contributed by atoms with Gasteiger partial charge in [0.15, 0.2) is 5.76 Å². The van der Waals surface area contributed by atoms with Crippen molar-refractivity contribution in [1.29, 1.82) is 0 Å². The molecule has 3 unspecified atom stereocenters. The van der Waals surface area contributed by atoms with Gasteiger partial charge in [0.25, 0.3) is 0 Å². The fourth-order valence-electron chi connectivity index (χ4n) is 5.43. The van der Waals surface area contributed by atoms with Gasteiger partial charge in [-0.25, -0.2) is 0 Å². The minimum Gasteiger partial charge on any atom is -0.504 e. The molecule has 2 aromatic carbocycles. The van der Waals surface area contributed by atoms with Crippen molar-refractivity contribution in [2.75, 3.05) is 0 Å². The molecular weight excluding hydrogens is 452 g/mol. The highest BCUT2D eigenvalue weighted by atomic mass is 16.3. The van der Waals surface area contributed by atoms with Gasteiger partial charge in [-0.2, -0.15) is 0 Å². The number of aliphatic hydroxyl groups excluding tert-OH is 1. The molecule has 1 N–H and O–H groups in total. The van der Waals surface area contributed by atoms with E-state index in [1.54, 1.807) is 6.08 Å². The Labute approximate surface area is 227 Å². The third-order valence-corrected chi connectivity index (χ3v) is 8.01. The lowest BCUT2D eigenvalue weighted by Gasteiger charge is -2.22.